The molecule has 0 spiro atoms. The summed E-state index contributed by atoms with van der Waals surface area (Å²) in [5.41, 5.74) is 0.797. The average Bonchev–Trinajstić information content (AvgIpc) is 2.34. The monoisotopic (exact) mass is 363 g/mol. The zero-order valence-electron chi connectivity index (χ0n) is 9.63. The molecule has 0 bridgehead atoms. The summed E-state index contributed by atoms with van der Waals surface area (Å²) in [6.45, 7) is 2.88. The lowest BCUT2D eigenvalue weighted by molar-refractivity contribution is 0.185. The Labute approximate surface area is 119 Å². The number of hydrogen-bond donors (Lipinski definition) is 0. The minimum Gasteiger partial charge on any atom is -0.299 e. The lowest BCUT2D eigenvalue weighted by atomic mass is 9.99. The topological polar surface area (TPSA) is 3.24 Å². The Morgan fingerprint density at radius 3 is 2.59 bits per heavy atom. The van der Waals surface area contributed by atoms with E-state index in [0.717, 1.165) is 40.9 Å². The van der Waals surface area contributed by atoms with E-state index < -0.39 is 0 Å². The first-order valence-electron chi connectivity index (χ1n) is 5.91. The van der Waals surface area contributed by atoms with E-state index in [9.17, 15) is 4.39 Å². The lowest BCUT2D eigenvalue weighted by Crippen LogP contribution is -2.33. The molecule has 0 unspecified atom stereocenters. The lowest BCUT2D eigenvalue weighted by Gasteiger charge is -2.31. The molecule has 4 heteroatoms. The zero-order valence-corrected chi connectivity index (χ0v) is 12.8. The number of alkyl halides is 1. The van der Waals surface area contributed by atoms with Crippen LogP contribution in [0.5, 0.6) is 0 Å². The molecule has 94 valence electrons. The molecule has 0 saturated carbocycles. The van der Waals surface area contributed by atoms with Crippen molar-refractivity contribution in [3.63, 3.8) is 0 Å². The second-order valence-corrected chi connectivity index (χ2v) is 6.17. The molecular formula is C13H16Br2FN. The smallest absolute Gasteiger partial charge is 0.128 e. The molecular weight excluding hydrogens is 349 g/mol. The van der Waals surface area contributed by atoms with Gasteiger partial charge in [0.15, 0.2) is 0 Å². The standard InChI is InChI=1S/C13H16Br2FN/c14-8-10-3-5-17(6-4-10)9-11-1-2-12(15)7-13(11)16/h1-2,7,10H,3-6,8-9H2. The molecule has 1 fully saturated rings. The van der Waals surface area contributed by atoms with Gasteiger partial charge in [-0.1, -0.05) is 37.9 Å². The maximum absolute atomic E-state index is 13.7. The van der Waals surface area contributed by atoms with E-state index in [4.69, 9.17) is 0 Å². The van der Waals surface area contributed by atoms with Crippen molar-refractivity contribution in [1.82, 2.24) is 4.90 Å². The van der Waals surface area contributed by atoms with Gasteiger partial charge >= 0.3 is 0 Å². The molecule has 1 aromatic carbocycles. The number of nitrogens with zero attached hydrogens (tertiary/aromatic N) is 1. The molecule has 1 heterocycles. The van der Waals surface area contributed by atoms with Crippen LogP contribution >= 0.6 is 31.9 Å². The summed E-state index contributed by atoms with van der Waals surface area (Å²) >= 11 is 6.81. The summed E-state index contributed by atoms with van der Waals surface area (Å²) < 4.78 is 14.5. The second kappa shape index (κ2) is 6.30. The van der Waals surface area contributed by atoms with Crippen molar-refractivity contribution >= 4 is 31.9 Å². The molecule has 0 radical (unpaired) electrons. The molecule has 0 N–H and O–H groups in total. The maximum atomic E-state index is 13.7. The van der Waals surface area contributed by atoms with Crippen LogP contribution in [0, 0.1) is 11.7 Å². The van der Waals surface area contributed by atoms with E-state index in [1.165, 1.54) is 12.8 Å². The quantitative estimate of drug-likeness (QED) is 0.726. The van der Waals surface area contributed by atoms with Crippen LogP contribution in [-0.4, -0.2) is 23.3 Å². The van der Waals surface area contributed by atoms with E-state index in [2.05, 4.69) is 36.8 Å². The van der Waals surface area contributed by atoms with Gasteiger partial charge in [-0.15, -0.1) is 0 Å². The van der Waals surface area contributed by atoms with Gasteiger partial charge < -0.3 is 0 Å². The van der Waals surface area contributed by atoms with E-state index >= 15 is 0 Å². The van der Waals surface area contributed by atoms with Crippen molar-refractivity contribution < 1.29 is 4.39 Å². The molecule has 0 amide bonds. The molecule has 1 aliphatic rings. The number of hydrogen-bond acceptors (Lipinski definition) is 1. The fraction of sp³-hybridized carbons (Fsp3) is 0.538. The highest BCUT2D eigenvalue weighted by molar-refractivity contribution is 9.10. The number of likely N-dealkylation sites (tertiary alicyclic amines) is 1. The first kappa shape index (κ1) is 13.5. The second-order valence-electron chi connectivity index (χ2n) is 4.61. The normalized spacial score (nSPS) is 18.5. The summed E-state index contributed by atoms with van der Waals surface area (Å²) in [7, 11) is 0. The Morgan fingerprint density at radius 1 is 1.29 bits per heavy atom. The van der Waals surface area contributed by atoms with Gasteiger partial charge in [0.05, 0.1) is 0 Å². The largest absolute Gasteiger partial charge is 0.299 e. The first-order valence-corrected chi connectivity index (χ1v) is 7.82. The third kappa shape index (κ3) is 3.76. The predicted octanol–water partition coefficient (Wildman–Crippen LogP) is 4.20. The van der Waals surface area contributed by atoms with Crippen LogP contribution in [0.15, 0.2) is 22.7 Å². The van der Waals surface area contributed by atoms with E-state index in [1.54, 1.807) is 6.07 Å². The molecule has 0 atom stereocenters. The Morgan fingerprint density at radius 2 is 2.00 bits per heavy atom. The number of benzene rings is 1. The van der Waals surface area contributed by atoms with E-state index in [0.29, 0.717) is 0 Å². The van der Waals surface area contributed by atoms with Crippen LogP contribution in [0.25, 0.3) is 0 Å². The van der Waals surface area contributed by atoms with Crippen molar-refractivity contribution in [1.29, 1.82) is 0 Å². The fourth-order valence-electron chi connectivity index (χ4n) is 2.19. The minimum absolute atomic E-state index is 0.109. The summed E-state index contributed by atoms with van der Waals surface area (Å²) in [5, 5.41) is 1.09. The minimum atomic E-state index is -0.109. The van der Waals surface area contributed by atoms with Crippen molar-refractivity contribution in [2.45, 2.75) is 19.4 Å². The summed E-state index contributed by atoms with van der Waals surface area (Å²) in [5.74, 6) is 0.683. The average molecular weight is 365 g/mol. The van der Waals surface area contributed by atoms with Gasteiger partial charge in [0.25, 0.3) is 0 Å². The molecule has 1 nitrogen and oxygen atoms in total. The number of rotatable bonds is 3. The molecule has 2 rings (SSSR count). The third-order valence-electron chi connectivity index (χ3n) is 3.33. The maximum Gasteiger partial charge on any atom is 0.128 e. The highest BCUT2D eigenvalue weighted by Crippen LogP contribution is 2.22. The zero-order chi connectivity index (χ0) is 12.3. The molecule has 0 aliphatic carbocycles. The highest BCUT2D eigenvalue weighted by atomic mass is 79.9. The summed E-state index contributed by atoms with van der Waals surface area (Å²) in [4.78, 5) is 2.34. The first-order chi connectivity index (χ1) is 8.19. The Bertz CT molecular complexity index is 376. The number of piperidine rings is 1. The van der Waals surface area contributed by atoms with Crippen molar-refractivity contribution in [2.75, 3.05) is 18.4 Å². The third-order valence-corrected chi connectivity index (χ3v) is 4.74. The molecule has 17 heavy (non-hydrogen) atoms. The van der Waals surface area contributed by atoms with Crippen LogP contribution in [0.2, 0.25) is 0 Å². The van der Waals surface area contributed by atoms with Crippen LogP contribution in [0.4, 0.5) is 4.39 Å². The van der Waals surface area contributed by atoms with Gasteiger partial charge in [0.1, 0.15) is 5.82 Å². The van der Waals surface area contributed by atoms with Crippen molar-refractivity contribution in [3.8, 4) is 0 Å². The summed E-state index contributed by atoms with van der Waals surface area (Å²) in [6, 6.07) is 5.32. The molecule has 1 aromatic rings. The van der Waals surface area contributed by atoms with Gasteiger partial charge in [0.2, 0.25) is 0 Å². The Kier molecular flexibility index (Phi) is 5.00. The fourth-order valence-corrected chi connectivity index (χ4v) is 3.17. The van der Waals surface area contributed by atoms with Crippen molar-refractivity contribution in [3.05, 3.63) is 34.1 Å². The Balaban J connectivity index is 1.93. The van der Waals surface area contributed by atoms with Crippen LogP contribution in [0.3, 0.4) is 0 Å². The summed E-state index contributed by atoms with van der Waals surface area (Å²) in [6.07, 6.45) is 2.42. The van der Waals surface area contributed by atoms with Gasteiger partial charge in [-0.2, -0.15) is 0 Å². The highest BCUT2D eigenvalue weighted by Gasteiger charge is 2.19. The van der Waals surface area contributed by atoms with Gasteiger partial charge in [-0.05, 0) is 44.0 Å². The van der Waals surface area contributed by atoms with E-state index in [-0.39, 0.29) is 5.82 Å². The Hall–Kier alpha value is 0.0700. The SMILES string of the molecule is Fc1cc(Br)ccc1CN1CCC(CBr)CC1. The van der Waals surface area contributed by atoms with Crippen LogP contribution in [0.1, 0.15) is 18.4 Å². The van der Waals surface area contributed by atoms with Gasteiger partial charge in [0, 0.05) is 21.9 Å². The number of halogens is 3. The van der Waals surface area contributed by atoms with Crippen LogP contribution in [-0.2, 0) is 6.54 Å². The van der Waals surface area contributed by atoms with Crippen LogP contribution < -0.4 is 0 Å². The molecule has 1 aliphatic heterocycles. The molecule has 1 saturated heterocycles. The van der Waals surface area contributed by atoms with Gasteiger partial charge in [-0.25, -0.2) is 4.39 Å². The van der Waals surface area contributed by atoms with Crippen molar-refractivity contribution in [2.24, 2.45) is 5.92 Å². The van der Waals surface area contributed by atoms with Gasteiger partial charge in [-0.3, -0.25) is 4.90 Å². The molecule has 0 aromatic heterocycles. The van der Waals surface area contributed by atoms with E-state index in [1.807, 2.05) is 12.1 Å². The predicted molar refractivity (Wildman–Crippen MR) is 75.9 cm³/mol.